The highest BCUT2D eigenvalue weighted by Crippen LogP contribution is 2.29. The third kappa shape index (κ3) is 4.21. The summed E-state index contributed by atoms with van der Waals surface area (Å²) in [6.07, 6.45) is 0. The number of anilines is 4. The van der Waals surface area contributed by atoms with E-state index in [0.717, 1.165) is 39.5 Å². The largest absolute Gasteiger partial charge is 0.497 e. The Kier molecular flexibility index (Phi) is 5.16. The van der Waals surface area contributed by atoms with Crippen LogP contribution in [0.25, 0.3) is 11.0 Å². The van der Waals surface area contributed by atoms with Crippen molar-refractivity contribution in [2.24, 2.45) is 0 Å². The molecule has 6 heteroatoms. The number of nitrogens with one attached hydrogen (secondary N) is 2. The molecule has 0 bridgehead atoms. The molecule has 0 aliphatic rings. The third-order valence-corrected chi connectivity index (χ3v) is 4.53. The van der Waals surface area contributed by atoms with Crippen LogP contribution < -0.4 is 20.1 Å². The summed E-state index contributed by atoms with van der Waals surface area (Å²) in [6.45, 7) is 2.04. The minimum atomic E-state index is 0.641. The highest BCUT2D eigenvalue weighted by molar-refractivity contribution is 5.83. The number of methoxy groups -OCH3 is 2. The topological polar surface area (TPSA) is 68.3 Å². The molecule has 1 aromatic heterocycles. The zero-order valence-corrected chi connectivity index (χ0v) is 16.6. The van der Waals surface area contributed by atoms with Gasteiger partial charge in [-0.2, -0.15) is 0 Å². The normalized spacial score (nSPS) is 10.6. The average Bonchev–Trinajstić information content (AvgIpc) is 2.75. The van der Waals surface area contributed by atoms with E-state index in [1.54, 1.807) is 14.2 Å². The van der Waals surface area contributed by atoms with Crippen LogP contribution in [0, 0.1) is 6.92 Å². The van der Waals surface area contributed by atoms with Gasteiger partial charge in [-0.25, -0.2) is 9.97 Å². The van der Waals surface area contributed by atoms with E-state index >= 15 is 0 Å². The van der Waals surface area contributed by atoms with Crippen molar-refractivity contribution in [1.82, 2.24) is 9.97 Å². The van der Waals surface area contributed by atoms with Gasteiger partial charge in [-0.05, 0) is 73.2 Å². The summed E-state index contributed by atoms with van der Waals surface area (Å²) in [5.41, 5.74) is 4.58. The van der Waals surface area contributed by atoms with E-state index in [2.05, 4.69) is 10.6 Å². The number of fused-ring (bicyclic) bond motifs is 1. The SMILES string of the molecule is COc1ccc(Nc2nc3ccc(C)cc3nc2Nc2ccc(OC)cc2)cc1. The lowest BCUT2D eigenvalue weighted by Gasteiger charge is -2.14. The van der Waals surface area contributed by atoms with Crippen LogP contribution in [0.5, 0.6) is 11.5 Å². The van der Waals surface area contributed by atoms with Crippen LogP contribution in [-0.4, -0.2) is 24.2 Å². The molecule has 0 fully saturated rings. The summed E-state index contributed by atoms with van der Waals surface area (Å²) in [4.78, 5) is 9.60. The first-order valence-corrected chi connectivity index (χ1v) is 9.25. The Morgan fingerprint density at radius 3 is 1.59 bits per heavy atom. The summed E-state index contributed by atoms with van der Waals surface area (Å²) < 4.78 is 10.5. The highest BCUT2D eigenvalue weighted by atomic mass is 16.5. The molecule has 0 spiro atoms. The summed E-state index contributed by atoms with van der Waals surface area (Å²) in [7, 11) is 3.30. The second-order valence-corrected chi connectivity index (χ2v) is 6.62. The van der Waals surface area contributed by atoms with Crippen LogP contribution >= 0.6 is 0 Å². The Morgan fingerprint density at radius 1 is 0.621 bits per heavy atom. The first-order chi connectivity index (χ1) is 14.1. The van der Waals surface area contributed by atoms with E-state index in [4.69, 9.17) is 19.4 Å². The number of hydrogen-bond donors (Lipinski definition) is 2. The van der Waals surface area contributed by atoms with Crippen molar-refractivity contribution in [2.45, 2.75) is 6.92 Å². The number of benzene rings is 3. The molecule has 146 valence electrons. The lowest BCUT2D eigenvalue weighted by Crippen LogP contribution is -2.03. The molecule has 0 unspecified atom stereocenters. The monoisotopic (exact) mass is 386 g/mol. The van der Waals surface area contributed by atoms with Crippen molar-refractivity contribution in [3.8, 4) is 11.5 Å². The minimum absolute atomic E-state index is 0.641. The fourth-order valence-corrected chi connectivity index (χ4v) is 2.96. The fraction of sp³-hybridized carbons (Fsp3) is 0.130. The van der Waals surface area contributed by atoms with Crippen molar-refractivity contribution >= 4 is 34.0 Å². The van der Waals surface area contributed by atoms with Crippen LogP contribution in [0.15, 0.2) is 66.7 Å². The van der Waals surface area contributed by atoms with Gasteiger partial charge in [0.15, 0.2) is 11.6 Å². The van der Waals surface area contributed by atoms with Gasteiger partial charge in [0, 0.05) is 11.4 Å². The molecule has 2 N–H and O–H groups in total. The molecule has 1 heterocycles. The Bertz CT molecular complexity index is 1130. The quantitative estimate of drug-likeness (QED) is 0.460. The smallest absolute Gasteiger partial charge is 0.174 e. The van der Waals surface area contributed by atoms with Gasteiger partial charge in [0.25, 0.3) is 0 Å². The molecule has 29 heavy (non-hydrogen) atoms. The molecule has 6 nitrogen and oxygen atoms in total. The fourth-order valence-electron chi connectivity index (χ4n) is 2.96. The highest BCUT2D eigenvalue weighted by Gasteiger charge is 2.11. The standard InChI is InChI=1S/C23H22N4O2/c1-15-4-13-20-21(14-15)27-23(25-17-7-11-19(29-3)12-8-17)22(26-20)24-16-5-9-18(28-2)10-6-16/h4-14H,1-3H3,(H,24,26)(H,25,27). The van der Waals surface area contributed by atoms with Crippen LogP contribution in [0.2, 0.25) is 0 Å². The molecule has 0 atom stereocenters. The Balaban J connectivity index is 1.72. The molecule has 0 amide bonds. The second-order valence-electron chi connectivity index (χ2n) is 6.62. The van der Waals surface area contributed by atoms with E-state index in [9.17, 15) is 0 Å². The predicted molar refractivity (Wildman–Crippen MR) is 117 cm³/mol. The van der Waals surface area contributed by atoms with Crippen molar-refractivity contribution in [3.05, 3.63) is 72.3 Å². The van der Waals surface area contributed by atoms with Crippen LogP contribution in [-0.2, 0) is 0 Å². The number of hydrogen-bond acceptors (Lipinski definition) is 6. The molecule has 0 aliphatic carbocycles. The number of aromatic nitrogens is 2. The van der Waals surface area contributed by atoms with Gasteiger partial charge in [0.1, 0.15) is 11.5 Å². The number of aryl methyl sites for hydroxylation is 1. The maximum atomic E-state index is 5.23. The lowest BCUT2D eigenvalue weighted by atomic mass is 10.2. The first-order valence-electron chi connectivity index (χ1n) is 9.25. The van der Waals surface area contributed by atoms with Crippen molar-refractivity contribution < 1.29 is 9.47 Å². The van der Waals surface area contributed by atoms with Crippen molar-refractivity contribution in [1.29, 1.82) is 0 Å². The van der Waals surface area contributed by atoms with Crippen LogP contribution in [0.1, 0.15) is 5.56 Å². The lowest BCUT2D eigenvalue weighted by molar-refractivity contribution is 0.415. The van der Waals surface area contributed by atoms with E-state index in [0.29, 0.717) is 11.6 Å². The maximum Gasteiger partial charge on any atom is 0.174 e. The van der Waals surface area contributed by atoms with E-state index < -0.39 is 0 Å². The zero-order valence-electron chi connectivity index (χ0n) is 16.6. The van der Waals surface area contributed by atoms with Crippen LogP contribution in [0.3, 0.4) is 0 Å². The zero-order chi connectivity index (χ0) is 20.2. The Labute approximate surface area is 169 Å². The minimum Gasteiger partial charge on any atom is -0.497 e. The van der Waals surface area contributed by atoms with Gasteiger partial charge in [-0.3, -0.25) is 0 Å². The maximum absolute atomic E-state index is 5.23. The van der Waals surface area contributed by atoms with Gasteiger partial charge in [-0.15, -0.1) is 0 Å². The molecule has 3 aromatic carbocycles. The van der Waals surface area contributed by atoms with Gasteiger partial charge in [0.2, 0.25) is 0 Å². The summed E-state index contributed by atoms with van der Waals surface area (Å²) in [6, 6.07) is 21.4. The van der Waals surface area contributed by atoms with Crippen molar-refractivity contribution in [3.63, 3.8) is 0 Å². The molecular weight excluding hydrogens is 364 g/mol. The van der Waals surface area contributed by atoms with E-state index in [1.165, 1.54) is 0 Å². The summed E-state index contributed by atoms with van der Waals surface area (Å²) in [5, 5.41) is 6.72. The molecule has 0 saturated heterocycles. The van der Waals surface area contributed by atoms with E-state index in [1.807, 2.05) is 73.7 Å². The predicted octanol–water partition coefficient (Wildman–Crippen LogP) is 5.44. The Hall–Kier alpha value is -3.80. The average molecular weight is 386 g/mol. The third-order valence-electron chi connectivity index (χ3n) is 4.53. The summed E-state index contributed by atoms with van der Waals surface area (Å²) in [5.74, 6) is 2.88. The number of nitrogens with zero attached hydrogens (tertiary/aromatic N) is 2. The number of rotatable bonds is 6. The van der Waals surface area contributed by atoms with Gasteiger partial charge >= 0.3 is 0 Å². The van der Waals surface area contributed by atoms with Gasteiger partial charge in [-0.1, -0.05) is 6.07 Å². The summed E-state index contributed by atoms with van der Waals surface area (Å²) >= 11 is 0. The molecular formula is C23H22N4O2. The Morgan fingerprint density at radius 2 is 1.10 bits per heavy atom. The molecule has 0 aliphatic heterocycles. The molecule has 4 rings (SSSR count). The van der Waals surface area contributed by atoms with Gasteiger partial charge in [0.05, 0.1) is 25.3 Å². The van der Waals surface area contributed by atoms with Gasteiger partial charge < -0.3 is 20.1 Å². The molecule has 4 aromatic rings. The molecule has 0 radical (unpaired) electrons. The first kappa shape index (κ1) is 18.6. The number of ether oxygens (including phenoxy) is 2. The van der Waals surface area contributed by atoms with Crippen LogP contribution in [0.4, 0.5) is 23.0 Å². The molecule has 0 saturated carbocycles. The van der Waals surface area contributed by atoms with E-state index in [-0.39, 0.29) is 0 Å². The second kappa shape index (κ2) is 8.06. The van der Waals surface area contributed by atoms with Crippen molar-refractivity contribution in [2.75, 3.05) is 24.9 Å².